The Bertz CT molecular complexity index is 966. The number of hydrogen-bond acceptors (Lipinski definition) is 8. The molecule has 3 saturated heterocycles. The average Bonchev–Trinajstić information content (AvgIpc) is 3.29. The number of aliphatic hydroxyl groups excluding tert-OH is 1. The van der Waals surface area contributed by atoms with Crippen molar-refractivity contribution in [2.75, 3.05) is 13.1 Å². The van der Waals surface area contributed by atoms with Crippen LogP contribution in [0.15, 0.2) is 10.6 Å². The zero-order chi connectivity index (χ0) is 22.8. The van der Waals surface area contributed by atoms with Crippen molar-refractivity contribution >= 4 is 39.8 Å². The fourth-order valence-electron chi connectivity index (χ4n) is 4.92. The van der Waals surface area contributed by atoms with Gasteiger partial charge in [0.05, 0.1) is 30.7 Å². The number of amides is 2. The van der Waals surface area contributed by atoms with Crippen LogP contribution in [0.1, 0.15) is 27.2 Å². The van der Waals surface area contributed by atoms with Crippen molar-refractivity contribution < 1.29 is 33.0 Å². The van der Waals surface area contributed by atoms with Crippen LogP contribution < -0.4 is 10.0 Å². The Kier molecular flexibility index (Phi) is 5.61. The van der Waals surface area contributed by atoms with Gasteiger partial charge in [0.25, 0.3) is 5.91 Å². The van der Waals surface area contributed by atoms with Gasteiger partial charge in [0.1, 0.15) is 5.70 Å². The SMILES string of the molecule is CC1CN(C(=O)[C@@H]2C[C@H](SC3=C(C(=O)O)N4C(=O)[C@H]([C@@H](C)O)C4[C@H]3C)CN2)S(=O)(=O)N1. The summed E-state index contributed by atoms with van der Waals surface area (Å²) in [6, 6.07) is -1.43. The Balaban J connectivity index is 1.48. The van der Waals surface area contributed by atoms with E-state index in [2.05, 4.69) is 10.0 Å². The molecule has 31 heavy (non-hydrogen) atoms. The highest BCUT2D eigenvalue weighted by Gasteiger charge is 2.60. The first-order valence-electron chi connectivity index (χ1n) is 10.2. The maximum Gasteiger partial charge on any atom is 0.353 e. The summed E-state index contributed by atoms with van der Waals surface area (Å²) in [6.45, 7) is 5.52. The minimum atomic E-state index is -3.84. The van der Waals surface area contributed by atoms with Gasteiger partial charge in [0.2, 0.25) is 5.91 Å². The van der Waals surface area contributed by atoms with E-state index in [0.717, 1.165) is 4.31 Å². The second kappa shape index (κ2) is 7.73. The number of fused-ring (bicyclic) bond motifs is 1. The van der Waals surface area contributed by atoms with Gasteiger partial charge >= 0.3 is 16.2 Å². The smallest absolute Gasteiger partial charge is 0.353 e. The number of hydrogen-bond donors (Lipinski definition) is 4. The second-order valence-corrected chi connectivity index (χ2v) is 11.6. The average molecular weight is 475 g/mol. The molecular weight excluding hydrogens is 448 g/mol. The molecule has 172 valence electrons. The normalized spacial score (nSPS) is 37.7. The molecule has 4 rings (SSSR count). The molecular formula is C18H26N4O7S2. The van der Waals surface area contributed by atoms with Crippen LogP contribution in [-0.4, -0.2) is 88.2 Å². The number of carboxylic acids is 1. The van der Waals surface area contributed by atoms with Gasteiger partial charge in [0, 0.05) is 28.7 Å². The Labute approximate surface area is 184 Å². The largest absolute Gasteiger partial charge is 0.477 e. The van der Waals surface area contributed by atoms with Gasteiger partial charge in [-0.1, -0.05) is 6.92 Å². The summed E-state index contributed by atoms with van der Waals surface area (Å²) in [5.41, 5.74) is -0.0562. The van der Waals surface area contributed by atoms with Crippen LogP contribution in [0, 0.1) is 11.8 Å². The highest BCUT2D eigenvalue weighted by Crippen LogP contribution is 2.51. The summed E-state index contributed by atoms with van der Waals surface area (Å²) in [5.74, 6) is -3.00. The quantitative estimate of drug-likeness (QED) is 0.355. The molecule has 0 aromatic rings. The van der Waals surface area contributed by atoms with Crippen LogP contribution >= 0.6 is 11.8 Å². The van der Waals surface area contributed by atoms with Gasteiger partial charge in [-0.15, -0.1) is 11.8 Å². The second-order valence-electron chi connectivity index (χ2n) is 8.60. The van der Waals surface area contributed by atoms with Gasteiger partial charge in [-0.3, -0.25) is 9.59 Å². The minimum Gasteiger partial charge on any atom is -0.477 e. The van der Waals surface area contributed by atoms with Crippen LogP contribution in [-0.2, 0) is 24.6 Å². The van der Waals surface area contributed by atoms with E-state index in [1.165, 1.54) is 23.6 Å². The number of nitrogens with zero attached hydrogens (tertiary/aromatic N) is 2. The number of thioether (sulfide) groups is 1. The molecule has 0 radical (unpaired) electrons. The van der Waals surface area contributed by atoms with E-state index in [1.807, 2.05) is 6.92 Å². The molecule has 3 fully saturated rings. The Hall–Kier alpha value is -1.67. The summed E-state index contributed by atoms with van der Waals surface area (Å²) in [6.07, 6.45) is -0.532. The molecule has 7 atom stereocenters. The van der Waals surface area contributed by atoms with E-state index >= 15 is 0 Å². The summed E-state index contributed by atoms with van der Waals surface area (Å²) in [5, 5.41) is 22.6. The lowest BCUT2D eigenvalue weighted by molar-refractivity contribution is -0.163. The molecule has 0 aliphatic carbocycles. The fourth-order valence-corrected chi connectivity index (χ4v) is 7.90. The number of β-lactam (4-membered cyclic amide) rings is 1. The lowest BCUT2D eigenvalue weighted by atomic mass is 9.79. The van der Waals surface area contributed by atoms with Crippen LogP contribution in [0.3, 0.4) is 0 Å². The zero-order valence-electron chi connectivity index (χ0n) is 17.3. The number of aliphatic carboxylic acids is 1. The number of carbonyl (C=O) groups is 3. The summed E-state index contributed by atoms with van der Waals surface area (Å²) < 4.78 is 27.5. The maximum absolute atomic E-state index is 12.8. The van der Waals surface area contributed by atoms with Crippen molar-refractivity contribution in [1.82, 2.24) is 19.2 Å². The molecule has 2 unspecified atom stereocenters. The third kappa shape index (κ3) is 3.55. The molecule has 4 aliphatic rings. The summed E-state index contributed by atoms with van der Waals surface area (Å²) in [7, 11) is -3.84. The monoisotopic (exact) mass is 474 g/mol. The maximum atomic E-state index is 12.8. The lowest BCUT2D eigenvalue weighted by Gasteiger charge is -2.46. The van der Waals surface area contributed by atoms with E-state index in [4.69, 9.17) is 0 Å². The number of carboxylic acid groups (broad SMARTS) is 1. The molecule has 0 saturated carbocycles. The van der Waals surface area contributed by atoms with Crippen LogP contribution in [0.4, 0.5) is 0 Å². The molecule has 0 spiro atoms. The van der Waals surface area contributed by atoms with Crippen molar-refractivity contribution in [3.8, 4) is 0 Å². The number of nitrogens with one attached hydrogen (secondary N) is 2. The van der Waals surface area contributed by atoms with Gasteiger partial charge in [-0.25, -0.2) is 9.10 Å². The van der Waals surface area contributed by atoms with Gasteiger partial charge in [0.15, 0.2) is 0 Å². The highest BCUT2D eigenvalue weighted by atomic mass is 32.2. The number of rotatable bonds is 5. The minimum absolute atomic E-state index is 0.0562. The van der Waals surface area contributed by atoms with Crippen molar-refractivity contribution in [2.45, 2.75) is 56.7 Å². The van der Waals surface area contributed by atoms with E-state index in [0.29, 0.717) is 17.9 Å². The van der Waals surface area contributed by atoms with E-state index < -0.39 is 52.1 Å². The molecule has 11 nitrogen and oxygen atoms in total. The molecule has 0 aromatic carbocycles. The molecule has 2 amide bonds. The van der Waals surface area contributed by atoms with Crippen LogP contribution in [0.5, 0.6) is 0 Å². The van der Waals surface area contributed by atoms with Gasteiger partial charge in [-0.2, -0.15) is 13.1 Å². The molecule has 13 heteroatoms. The Morgan fingerprint density at radius 3 is 2.52 bits per heavy atom. The lowest BCUT2D eigenvalue weighted by Crippen LogP contribution is -2.63. The third-order valence-corrected chi connectivity index (χ3v) is 9.44. The molecule has 4 heterocycles. The van der Waals surface area contributed by atoms with E-state index in [-0.39, 0.29) is 29.5 Å². The number of carbonyl (C=O) groups excluding carboxylic acids is 2. The van der Waals surface area contributed by atoms with Crippen LogP contribution in [0.25, 0.3) is 0 Å². The summed E-state index contributed by atoms with van der Waals surface area (Å²) >= 11 is 1.31. The topological polar surface area (TPSA) is 156 Å². The van der Waals surface area contributed by atoms with Gasteiger partial charge < -0.3 is 20.4 Å². The Morgan fingerprint density at radius 1 is 1.29 bits per heavy atom. The van der Waals surface area contributed by atoms with Crippen molar-refractivity contribution in [3.63, 3.8) is 0 Å². The first-order chi connectivity index (χ1) is 14.4. The highest BCUT2D eigenvalue weighted by molar-refractivity contribution is 8.03. The first kappa shape index (κ1) is 22.5. The predicted octanol–water partition coefficient (Wildman–Crippen LogP) is -1.33. The predicted molar refractivity (Wildman–Crippen MR) is 111 cm³/mol. The van der Waals surface area contributed by atoms with E-state index in [9.17, 15) is 33.0 Å². The standard InChI is InChI=1S/C18H26N4O7S2/c1-7-6-21(31(28,29)20-7)16(24)11-4-10(5-19-11)30-15-8(2)13-12(9(3)23)17(25)22(13)14(15)18(26)27/h7-13,19-20,23H,4-6H2,1-3H3,(H,26,27)/t7?,8-,9-,10+,11+,12-,13?/m1/s1. The molecule has 4 N–H and O–H groups in total. The van der Waals surface area contributed by atoms with Crippen molar-refractivity contribution in [1.29, 1.82) is 0 Å². The van der Waals surface area contributed by atoms with Crippen molar-refractivity contribution in [3.05, 3.63) is 10.6 Å². The molecule has 4 aliphatic heterocycles. The fraction of sp³-hybridized carbons (Fsp3) is 0.722. The molecule has 0 aromatic heterocycles. The first-order valence-corrected chi connectivity index (χ1v) is 12.5. The molecule has 0 bridgehead atoms. The zero-order valence-corrected chi connectivity index (χ0v) is 18.9. The van der Waals surface area contributed by atoms with Crippen molar-refractivity contribution in [2.24, 2.45) is 11.8 Å². The van der Waals surface area contributed by atoms with Crippen LogP contribution in [0.2, 0.25) is 0 Å². The Morgan fingerprint density at radius 2 is 1.97 bits per heavy atom. The summed E-state index contributed by atoms with van der Waals surface area (Å²) in [4.78, 5) is 38.9. The third-order valence-electron chi connectivity index (χ3n) is 6.32. The van der Waals surface area contributed by atoms with E-state index in [1.54, 1.807) is 6.92 Å². The number of aliphatic hydroxyl groups is 1. The van der Waals surface area contributed by atoms with Gasteiger partial charge in [-0.05, 0) is 20.3 Å².